The van der Waals surface area contributed by atoms with Crippen LogP contribution in [0.2, 0.25) is 0 Å². The fraction of sp³-hybridized carbons (Fsp3) is 0.476. The number of nitrogens with zero attached hydrogens (tertiary/aromatic N) is 6. The van der Waals surface area contributed by atoms with E-state index in [4.69, 9.17) is 4.74 Å². The number of aromatic nitrogens is 4. The molecule has 0 bridgehead atoms. The van der Waals surface area contributed by atoms with Gasteiger partial charge in [0, 0.05) is 45.1 Å². The molecule has 5 rings (SSSR count). The van der Waals surface area contributed by atoms with E-state index in [2.05, 4.69) is 19.9 Å². The molecule has 0 radical (unpaired) electrons. The molecule has 1 aliphatic heterocycles. The molecule has 0 N–H and O–H groups in total. The second kappa shape index (κ2) is 7.76. The number of anilines is 1. The Morgan fingerprint density at radius 1 is 1.13 bits per heavy atom. The van der Waals surface area contributed by atoms with Crippen LogP contribution >= 0.6 is 0 Å². The van der Waals surface area contributed by atoms with E-state index in [-0.39, 0.29) is 5.03 Å². The molecule has 1 saturated heterocycles. The summed E-state index contributed by atoms with van der Waals surface area (Å²) in [5.74, 6) is 1.94. The van der Waals surface area contributed by atoms with Crippen molar-refractivity contribution in [2.24, 2.45) is 13.0 Å². The lowest BCUT2D eigenvalue weighted by atomic mass is 10.2. The average Bonchev–Trinajstić information content (AvgIpc) is 3.55. The highest BCUT2D eigenvalue weighted by Gasteiger charge is 2.31. The van der Waals surface area contributed by atoms with Crippen molar-refractivity contribution in [3.8, 4) is 5.88 Å². The zero-order valence-electron chi connectivity index (χ0n) is 17.7. The third kappa shape index (κ3) is 3.97. The van der Waals surface area contributed by atoms with E-state index in [9.17, 15) is 8.42 Å². The van der Waals surface area contributed by atoms with E-state index < -0.39 is 10.0 Å². The SMILES string of the molecule is Cc1nc(S(=O)(=O)N2CCN(c3ccc4ncnc(OCC5CC5)c4c3)CC2)cn1C. The minimum absolute atomic E-state index is 0.112. The first-order valence-electron chi connectivity index (χ1n) is 10.5. The van der Waals surface area contributed by atoms with Gasteiger partial charge in [0.2, 0.25) is 5.88 Å². The molecule has 3 heterocycles. The Bertz CT molecular complexity index is 1190. The molecule has 1 saturated carbocycles. The maximum Gasteiger partial charge on any atom is 0.262 e. The van der Waals surface area contributed by atoms with Crippen molar-refractivity contribution in [1.82, 2.24) is 23.8 Å². The van der Waals surface area contributed by atoms with Crippen molar-refractivity contribution in [2.45, 2.75) is 24.8 Å². The number of piperazine rings is 1. The molecule has 0 atom stereocenters. The summed E-state index contributed by atoms with van der Waals surface area (Å²) in [5, 5.41) is 1.00. The fourth-order valence-corrected chi connectivity index (χ4v) is 5.23. The van der Waals surface area contributed by atoms with Gasteiger partial charge in [-0.1, -0.05) is 0 Å². The van der Waals surface area contributed by atoms with Crippen molar-refractivity contribution in [3.05, 3.63) is 36.5 Å². The lowest BCUT2D eigenvalue weighted by Gasteiger charge is -2.35. The number of fused-ring (bicyclic) bond motifs is 1. The predicted molar refractivity (Wildman–Crippen MR) is 117 cm³/mol. The Balaban J connectivity index is 1.32. The van der Waals surface area contributed by atoms with E-state index in [0.29, 0.717) is 50.4 Å². The first-order valence-corrected chi connectivity index (χ1v) is 12.0. The maximum atomic E-state index is 12.9. The normalized spacial score (nSPS) is 17.9. The van der Waals surface area contributed by atoms with Crippen LogP contribution in [0, 0.1) is 12.8 Å². The molecule has 0 unspecified atom stereocenters. The largest absolute Gasteiger partial charge is 0.477 e. The minimum Gasteiger partial charge on any atom is -0.477 e. The number of benzene rings is 1. The minimum atomic E-state index is -3.59. The predicted octanol–water partition coefficient (Wildman–Crippen LogP) is 1.97. The molecule has 0 spiro atoms. The topological polar surface area (TPSA) is 93.5 Å². The zero-order chi connectivity index (χ0) is 21.6. The van der Waals surface area contributed by atoms with Crippen molar-refractivity contribution < 1.29 is 13.2 Å². The average molecular weight is 443 g/mol. The summed E-state index contributed by atoms with van der Waals surface area (Å²) in [7, 11) is -1.79. The van der Waals surface area contributed by atoms with E-state index in [1.54, 1.807) is 24.7 Å². The molecule has 0 amide bonds. The van der Waals surface area contributed by atoms with E-state index in [1.807, 2.05) is 18.2 Å². The number of rotatable bonds is 6. The van der Waals surface area contributed by atoms with Gasteiger partial charge in [-0.15, -0.1) is 0 Å². The molecular formula is C21H26N6O3S. The van der Waals surface area contributed by atoms with Crippen molar-refractivity contribution in [1.29, 1.82) is 0 Å². The lowest BCUT2D eigenvalue weighted by molar-refractivity contribution is 0.292. The number of aryl methyl sites for hydroxylation is 2. The summed E-state index contributed by atoms with van der Waals surface area (Å²) >= 11 is 0. The van der Waals surface area contributed by atoms with Crippen LogP contribution in [0.4, 0.5) is 5.69 Å². The van der Waals surface area contributed by atoms with Crippen LogP contribution in [0.1, 0.15) is 18.7 Å². The number of ether oxygens (including phenoxy) is 1. The first kappa shape index (κ1) is 20.2. The van der Waals surface area contributed by atoms with E-state index >= 15 is 0 Å². The van der Waals surface area contributed by atoms with Gasteiger partial charge >= 0.3 is 0 Å². The molecule has 1 aromatic carbocycles. The Labute approximate surface area is 181 Å². The van der Waals surface area contributed by atoms with Gasteiger partial charge in [-0.2, -0.15) is 4.31 Å². The summed E-state index contributed by atoms with van der Waals surface area (Å²) in [4.78, 5) is 15.1. The summed E-state index contributed by atoms with van der Waals surface area (Å²) in [6.07, 6.45) is 5.55. The van der Waals surface area contributed by atoms with Crippen LogP contribution in [0.5, 0.6) is 5.88 Å². The number of sulfonamides is 1. The first-order chi connectivity index (χ1) is 14.9. The van der Waals surface area contributed by atoms with Crippen LogP contribution in [-0.4, -0.2) is 65.0 Å². The molecule has 2 fully saturated rings. The van der Waals surface area contributed by atoms with Gasteiger partial charge in [0.05, 0.1) is 17.5 Å². The zero-order valence-corrected chi connectivity index (χ0v) is 18.5. The molecule has 31 heavy (non-hydrogen) atoms. The van der Waals surface area contributed by atoms with Gasteiger partial charge in [0.15, 0.2) is 5.03 Å². The van der Waals surface area contributed by atoms with Crippen molar-refractivity contribution in [3.63, 3.8) is 0 Å². The molecule has 2 aliphatic rings. The quantitative estimate of drug-likeness (QED) is 0.576. The van der Waals surface area contributed by atoms with Crippen LogP contribution in [-0.2, 0) is 17.1 Å². The van der Waals surface area contributed by atoms with Gasteiger partial charge in [-0.25, -0.2) is 23.4 Å². The standard InChI is InChI=1S/C21H26N6O3S/c1-15-24-20(12-25(15)2)31(28,29)27-9-7-26(8-10-27)17-5-6-19-18(11-17)21(23-14-22-19)30-13-16-3-4-16/h5-6,11-12,14,16H,3-4,7-10,13H2,1-2H3. The van der Waals surface area contributed by atoms with Crippen LogP contribution in [0.25, 0.3) is 10.9 Å². The molecule has 3 aromatic rings. The number of imidazole rings is 1. The molecular weight excluding hydrogens is 416 g/mol. The Morgan fingerprint density at radius 2 is 1.90 bits per heavy atom. The van der Waals surface area contributed by atoms with Gasteiger partial charge in [0.25, 0.3) is 10.0 Å². The summed E-state index contributed by atoms with van der Waals surface area (Å²) < 4.78 is 35.1. The van der Waals surface area contributed by atoms with Gasteiger partial charge < -0.3 is 14.2 Å². The van der Waals surface area contributed by atoms with Crippen LogP contribution in [0.15, 0.2) is 35.7 Å². The van der Waals surface area contributed by atoms with E-state index in [0.717, 1.165) is 16.6 Å². The fourth-order valence-electron chi connectivity index (χ4n) is 3.78. The monoisotopic (exact) mass is 442 g/mol. The van der Waals surface area contributed by atoms with E-state index in [1.165, 1.54) is 23.5 Å². The highest BCUT2D eigenvalue weighted by Crippen LogP contribution is 2.32. The van der Waals surface area contributed by atoms with Crippen LogP contribution in [0.3, 0.4) is 0 Å². The second-order valence-corrected chi connectivity index (χ2v) is 10.1. The summed E-state index contributed by atoms with van der Waals surface area (Å²) in [6.45, 7) is 4.51. The lowest BCUT2D eigenvalue weighted by Crippen LogP contribution is -2.48. The Morgan fingerprint density at radius 3 is 2.58 bits per heavy atom. The highest BCUT2D eigenvalue weighted by atomic mass is 32.2. The Kier molecular flexibility index (Phi) is 5.05. The smallest absolute Gasteiger partial charge is 0.262 e. The van der Waals surface area contributed by atoms with Crippen LogP contribution < -0.4 is 9.64 Å². The maximum absolute atomic E-state index is 12.9. The highest BCUT2D eigenvalue weighted by molar-refractivity contribution is 7.89. The summed E-state index contributed by atoms with van der Waals surface area (Å²) in [5.41, 5.74) is 1.86. The second-order valence-electron chi connectivity index (χ2n) is 8.26. The van der Waals surface area contributed by atoms with Gasteiger partial charge in [-0.05, 0) is 43.9 Å². The third-order valence-corrected chi connectivity index (χ3v) is 7.80. The van der Waals surface area contributed by atoms with Gasteiger partial charge in [-0.3, -0.25) is 0 Å². The van der Waals surface area contributed by atoms with Crippen molar-refractivity contribution in [2.75, 3.05) is 37.7 Å². The third-order valence-electron chi connectivity index (χ3n) is 6.03. The van der Waals surface area contributed by atoms with Crippen molar-refractivity contribution >= 4 is 26.6 Å². The molecule has 2 aromatic heterocycles. The van der Waals surface area contributed by atoms with Gasteiger partial charge in [0.1, 0.15) is 12.2 Å². The number of hydrogen-bond donors (Lipinski definition) is 0. The molecule has 164 valence electrons. The Hall–Kier alpha value is -2.72. The number of hydrogen-bond acceptors (Lipinski definition) is 7. The molecule has 9 nitrogen and oxygen atoms in total. The molecule has 1 aliphatic carbocycles. The summed E-state index contributed by atoms with van der Waals surface area (Å²) in [6, 6.07) is 6.03. The molecule has 10 heteroatoms.